The summed E-state index contributed by atoms with van der Waals surface area (Å²) in [5.74, 6) is -0.179. The fraction of sp³-hybridized carbons (Fsp3) is 0.500. The van der Waals surface area contributed by atoms with Crippen LogP contribution < -0.4 is 5.32 Å². The Morgan fingerprint density at radius 2 is 2.28 bits per heavy atom. The average molecular weight is 270 g/mol. The highest BCUT2D eigenvalue weighted by molar-refractivity contribution is 6.32. The zero-order valence-corrected chi connectivity index (χ0v) is 10.8. The van der Waals surface area contributed by atoms with Gasteiger partial charge in [0.2, 0.25) is 0 Å². The number of halogens is 1. The van der Waals surface area contributed by atoms with E-state index in [1.165, 1.54) is 0 Å². The van der Waals surface area contributed by atoms with Gasteiger partial charge in [-0.25, -0.2) is 4.98 Å². The maximum absolute atomic E-state index is 11.8. The molecule has 0 radical (unpaired) electrons. The van der Waals surface area contributed by atoms with Gasteiger partial charge in [-0.1, -0.05) is 11.6 Å². The summed E-state index contributed by atoms with van der Waals surface area (Å²) < 4.78 is 5.26. The molecule has 6 heteroatoms. The molecule has 0 spiro atoms. The SMILES string of the molecule is O=C(NCCN1CCOCC1)c1cccnc1Cl. The summed E-state index contributed by atoms with van der Waals surface area (Å²) in [6, 6.07) is 3.36. The first kappa shape index (κ1) is 13.3. The molecule has 1 aliphatic heterocycles. The highest BCUT2D eigenvalue weighted by Crippen LogP contribution is 2.10. The van der Waals surface area contributed by atoms with E-state index in [2.05, 4.69) is 15.2 Å². The van der Waals surface area contributed by atoms with Crippen molar-refractivity contribution in [2.75, 3.05) is 39.4 Å². The van der Waals surface area contributed by atoms with E-state index < -0.39 is 0 Å². The van der Waals surface area contributed by atoms with Gasteiger partial charge >= 0.3 is 0 Å². The van der Waals surface area contributed by atoms with E-state index in [4.69, 9.17) is 16.3 Å². The Morgan fingerprint density at radius 1 is 1.50 bits per heavy atom. The van der Waals surface area contributed by atoms with Gasteiger partial charge in [0.25, 0.3) is 5.91 Å². The van der Waals surface area contributed by atoms with Crippen molar-refractivity contribution in [2.24, 2.45) is 0 Å². The molecule has 0 aliphatic carbocycles. The van der Waals surface area contributed by atoms with Crippen LogP contribution in [0, 0.1) is 0 Å². The van der Waals surface area contributed by atoms with Crippen LogP contribution in [0.3, 0.4) is 0 Å². The Morgan fingerprint density at radius 3 is 3.00 bits per heavy atom. The summed E-state index contributed by atoms with van der Waals surface area (Å²) in [5.41, 5.74) is 0.418. The van der Waals surface area contributed by atoms with Crippen molar-refractivity contribution in [3.05, 3.63) is 29.0 Å². The van der Waals surface area contributed by atoms with E-state index in [9.17, 15) is 4.79 Å². The molecule has 1 aromatic heterocycles. The number of hydrogen-bond acceptors (Lipinski definition) is 4. The maximum atomic E-state index is 11.8. The monoisotopic (exact) mass is 269 g/mol. The van der Waals surface area contributed by atoms with Crippen molar-refractivity contribution in [3.63, 3.8) is 0 Å². The third-order valence-corrected chi connectivity index (χ3v) is 3.12. The lowest BCUT2D eigenvalue weighted by atomic mass is 10.2. The molecular formula is C12H16ClN3O2. The molecule has 18 heavy (non-hydrogen) atoms. The lowest BCUT2D eigenvalue weighted by Gasteiger charge is -2.26. The summed E-state index contributed by atoms with van der Waals surface area (Å²) in [4.78, 5) is 18.0. The molecule has 2 heterocycles. The second-order valence-corrected chi connectivity index (χ2v) is 4.41. The molecule has 1 amide bonds. The maximum Gasteiger partial charge on any atom is 0.254 e. The van der Waals surface area contributed by atoms with Crippen LogP contribution in [0.4, 0.5) is 0 Å². The van der Waals surface area contributed by atoms with E-state index in [-0.39, 0.29) is 11.1 Å². The molecule has 1 fully saturated rings. The quantitative estimate of drug-likeness (QED) is 0.822. The first-order valence-corrected chi connectivity index (χ1v) is 6.34. The molecule has 0 unspecified atom stereocenters. The minimum atomic E-state index is -0.179. The molecule has 1 N–H and O–H groups in total. The lowest BCUT2D eigenvalue weighted by molar-refractivity contribution is 0.0383. The molecule has 0 aromatic carbocycles. The van der Waals surface area contributed by atoms with Gasteiger partial charge in [0, 0.05) is 32.4 Å². The molecule has 2 rings (SSSR count). The van der Waals surface area contributed by atoms with Crippen LogP contribution in [0.15, 0.2) is 18.3 Å². The van der Waals surface area contributed by atoms with Crippen molar-refractivity contribution in [2.45, 2.75) is 0 Å². The predicted molar refractivity (Wildman–Crippen MR) is 68.8 cm³/mol. The molecule has 0 saturated carbocycles. The molecular weight excluding hydrogens is 254 g/mol. The second kappa shape index (κ2) is 6.68. The van der Waals surface area contributed by atoms with Crippen molar-refractivity contribution in [1.29, 1.82) is 0 Å². The normalized spacial score (nSPS) is 16.5. The minimum absolute atomic E-state index is 0.179. The van der Waals surface area contributed by atoms with Gasteiger partial charge in [-0.15, -0.1) is 0 Å². The zero-order chi connectivity index (χ0) is 12.8. The van der Waals surface area contributed by atoms with Gasteiger partial charge in [-0.2, -0.15) is 0 Å². The van der Waals surface area contributed by atoms with E-state index in [0.717, 1.165) is 32.8 Å². The van der Waals surface area contributed by atoms with Crippen molar-refractivity contribution in [3.8, 4) is 0 Å². The van der Waals surface area contributed by atoms with Gasteiger partial charge < -0.3 is 10.1 Å². The van der Waals surface area contributed by atoms with E-state index in [1.807, 2.05) is 0 Å². The van der Waals surface area contributed by atoms with Crippen LogP contribution in [0.2, 0.25) is 5.15 Å². The largest absolute Gasteiger partial charge is 0.379 e. The fourth-order valence-electron chi connectivity index (χ4n) is 1.80. The van der Waals surface area contributed by atoms with Crippen LogP contribution in [-0.2, 0) is 4.74 Å². The summed E-state index contributed by atoms with van der Waals surface area (Å²) in [6.45, 7) is 4.80. The molecule has 5 nitrogen and oxygen atoms in total. The Kier molecular flexibility index (Phi) is 4.92. The van der Waals surface area contributed by atoms with E-state index in [0.29, 0.717) is 12.1 Å². The average Bonchev–Trinajstić information content (AvgIpc) is 2.40. The Hall–Kier alpha value is -1.17. The molecule has 1 saturated heterocycles. The molecule has 1 aromatic rings. The number of pyridine rings is 1. The lowest BCUT2D eigenvalue weighted by Crippen LogP contribution is -2.41. The first-order chi connectivity index (χ1) is 8.77. The topological polar surface area (TPSA) is 54.5 Å². The highest BCUT2D eigenvalue weighted by atomic mass is 35.5. The summed E-state index contributed by atoms with van der Waals surface area (Å²) in [6.07, 6.45) is 1.56. The standard InChI is InChI=1S/C12H16ClN3O2/c13-11-10(2-1-3-14-11)12(17)15-4-5-16-6-8-18-9-7-16/h1-3H,4-9H2,(H,15,17). The first-order valence-electron chi connectivity index (χ1n) is 5.96. The summed E-state index contributed by atoms with van der Waals surface area (Å²) in [7, 11) is 0. The van der Waals surface area contributed by atoms with E-state index >= 15 is 0 Å². The number of morpholine rings is 1. The smallest absolute Gasteiger partial charge is 0.254 e. The van der Waals surface area contributed by atoms with E-state index in [1.54, 1.807) is 18.3 Å². The van der Waals surface area contributed by atoms with Gasteiger partial charge in [0.15, 0.2) is 0 Å². The highest BCUT2D eigenvalue weighted by Gasteiger charge is 2.12. The third-order valence-electron chi connectivity index (χ3n) is 2.82. The van der Waals surface area contributed by atoms with Gasteiger partial charge in [-0.3, -0.25) is 9.69 Å². The number of nitrogens with zero attached hydrogens (tertiary/aromatic N) is 2. The second-order valence-electron chi connectivity index (χ2n) is 4.05. The van der Waals surface area contributed by atoms with Crippen LogP contribution in [0.1, 0.15) is 10.4 Å². The number of hydrogen-bond donors (Lipinski definition) is 1. The number of rotatable bonds is 4. The number of amides is 1. The van der Waals surface area contributed by atoms with Gasteiger partial charge in [-0.05, 0) is 12.1 Å². The Balaban J connectivity index is 1.76. The van der Waals surface area contributed by atoms with Gasteiger partial charge in [0.1, 0.15) is 5.15 Å². The van der Waals surface area contributed by atoms with Gasteiger partial charge in [0.05, 0.1) is 18.8 Å². The summed E-state index contributed by atoms with van der Waals surface area (Å²) in [5, 5.41) is 3.08. The van der Waals surface area contributed by atoms with Crippen LogP contribution in [0.5, 0.6) is 0 Å². The van der Waals surface area contributed by atoms with Crippen LogP contribution in [0.25, 0.3) is 0 Å². The Bertz CT molecular complexity index is 408. The minimum Gasteiger partial charge on any atom is -0.379 e. The molecule has 0 bridgehead atoms. The number of ether oxygens (including phenoxy) is 1. The molecule has 98 valence electrons. The molecule has 0 atom stereocenters. The van der Waals surface area contributed by atoms with Crippen molar-refractivity contribution in [1.82, 2.24) is 15.2 Å². The summed E-state index contributed by atoms with van der Waals surface area (Å²) >= 11 is 5.85. The van der Waals surface area contributed by atoms with Crippen LogP contribution >= 0.6 is 11.6 Å². The number of carbonyl (C=O) groups excluding carboxylic acids is 1. The van der Waals surface area contributed by atoms with Crippen LogP contribution in [-0.4, -0.2) is 55.2 Å². The predicted octanol–water partition coefficient (Wildman–Crippen LogP) is 0.797. The molecule has 1 aliphatic rings. The fourth-order valence-corrected chi connectivity index (χ4v) is 2.01. The zero-order valence-electron chi connectivity index (χ0n) is 10.1. The van der Waals surface area contributed by atoms with Crippen molar-refractivity contribution < 1.29 is 9.53 Å². The third kappa shape index (κ3) is 3.66. The number of aromatic nitrogens is 1. The number of carbonyl (C=O) groups is 1. The van der Waals surface area contributed by atoms with Crippen molar-refractivity contribution >= 4 is 17.5 Å². The number of nitrogens with one attached hydrogen (secondary N) is 1. The Labute approximate surface area is 111 Å².